The molecule has 1 unspecified atom stereocenters. The van der Waals surface area contributed by atoms with Crippen LogP contribution in [0.4, 0.5) is 0 Å². The lowest BCUT2D eigenvalue weighted by atomic mass is 9.90. The molecule has 0 saturated carbocycles. The number of aldehydes is 1. The van der Waals surface area contributed by atoms with E-state index in [1.54, 1.807) is 27.7 Å². The minimum absolute atomic E-state index is 0.0417. The number of hydrogen-bond acceptors (Lipinski definition) is 7. The second-order valence-electron chi connectivity index (χ2n) is 8.03. The first-order valence-electron chi connectivity index (χ1n) is 9.91. The minimum Gasteiger partial charge on any atom is -0.402 e. The summed E-state index contributed by atoms with van der Waals surface area (Å²) in [5.41, 5.74) is 5.24. The van der Waals surface area contributed by atoms with Crippen molar-refractivity contribution in [2.45, 2.75) is 44.9 Å². The molecule has 0 fully saturated rings. The number of fused-ring (bicyclic) bond motifs is 1. The topological polar surface area (TPSA) is 144 Å². The lowest BCUT2D eigenvalue weighted by Crippen LogP contribution is -2.44. The van der Waals surface area contributed by atoms with Crippen LogP contribution in [-0.2, 0) is 0 Å². The van der Waals surface area contributed by atoms with Crippen molar-refractivity contribution in [1.29, 1.82) is 0 Å². The number of benzene rings is 2. The first kappa shape index (κ1) is 29.4. The molecular formula is C24H34BNO6. The highest BCUT2D eigenvalue weighted by Crippen LogP contribution is 2.19. The molecule has 0 aromatic heterocycles. The number of allylic oxidation sites excluding steroid dienone is 2. The molecule has 1 aliphatic rings. The lowest BCUT2D eigenvalue weighted by Gasteiger charge is -2.31. The van der Waals surface area contributed by atoms with Crippen molar-refractivity contribution in [2.24, 2.45) is 5.73 Å². The predicted octanol–water partition coefficient (Wildman–Crippen LogP) is 2.12. The molecule has 8 heteroatoms. The molecule has 0 heterocycles. The Morgan fingerprint density at radius 2 is 1.44 bits per heavy atom. The Kier molecular flexibility index (Phi) is 12.6. The van der Waals surface area contributed by atoms with Crippen LogP contribution in [0.5, 0.6) is 0 Å². The summed E-state index contributed by atoms with van der Waals surface area (Å²) in [5, 5.41) is 42.0. The Morgan fingerprint density at radius 3 is 1.81 bits per heavy atom. The number of carbonyl (C=O) groups is 1. The van der Waals surface area contributed by atoms with Crippen LogP contribution in [0, 0.1) is 0 Å². The van der Waals surface area contributed by atoms with Gasteiger partial charge in [-0.05, 0) is 50.1 Å². The quantitative estimate of drug-likeness (QED) is 0.308. The monoisotopic (exact) mass is 443 g/mol. The molecule has 3 rings (SSSR count). The zero-order chi connectivity index (χ0) is 24.9. The van der Waals surface area contributed by atoms with E-state index in [-0.39, 0.29) is 6.04 Å². The Labute approximate surface area is 190 Å². The first-order chi connectivity index (χ1) is 14.7. The van der Waals surface area contributed by atoms with E-state index in [1.165, 1.54) is 5.39 Å². The maximum Gasteiger partial charge on any atom is 0.631 e. The van der Waals surface area contributed by atoms with Crippen molar-refractivity contribution in [2.75, 3.05) is 0 Å². The Bertz CT molecular complexity index is 896. The summed E-state index contributed by atoms with van der Waals surface area (Å²) in [4.78, 5) is 10.5. The Morgan fingerprint density at radius 1 is 0.938 bits per heavy atom. The molecule has 0 aliphatic heterocycles. The zero-order valence-corrected chi connectivity index (χ0v) is 19.0. The molecule has 0 amide bonds. The predicted molar refractivity (Wildman–Crippen MR) is 130 cm³/mol. The van der Waals surface area contributed by atoms with E-state index in [1.807, 2.05) is 66.8 Å². The smallest absolute Gasteiger partial charge is 0.402 e. The van der Waals surface area contributed by atoms with Crippen LogP contribution in [0.1, 0.15) is 38.1 Å². The summed E-state index contributed by atoms with van der Waals surface area (Å²) in [6, 6.07) is 13.7. The summed E-state index contributed by atoms with van der Waals surface area (Å²) in [6.07, 6.45) is 8.57. The van der Waals surface area contributed by atoms with Crippen LogP contribution in [0.25, 0.3) is 10.8 Å². The second kappa shape index (κ2) is 13.7. The van der Waals surface area contributed by atoms with Crippen LogP contribution >= 0.6 is 0 Å². The fraction of sp³-hybridized carbons (Fsp3) is 0.292. The van der Waals surface area contributed by atoms with Crippen molar-refractivity contribution >= 4 is 24.4 Å². The van der Waals surface area contributed by atoms with Gasteiger partial charge in [0.15, 0.2) is 0 Å². The van der Waals surface area contributed by atoms with Gasteiger partial charge < -0.3 is 31.0 Å². The van der Waals surface area contributed by atoms with E-state index < -0.39 is 18.5 Å². The molecule has 1 aliphatic carbocycles. The van der Waals surface area contributed by atoms with Gasteiger partial charge in [0.25, 0.3) is 0 Å². The highest BCUT2D eigenvalue weighted by atomic mass is 16.5. The van der Waals surface area contributed by atoms with Crippen molar-refractivity contribution in [3.63, 3.8) is 0 Å². The third kappa shape index (κ3) is 12.3. The third-order valence-corrected chi connectivity index (χ3v) is 4.57. The molecule has 1 atom stereocenters. The molecule has 0 spiro atoms. The number of aliphatic hydroxyl groups is 2. The van der Waals surface area contributed by atoms with Gasteiger partial charge in [0.2, 0.25) is 0 Å². The van der Waals surface area contributed by atoms with Crippen LogP contribution in [0.15, 0.2) is 78.9 Å². The number of rotatable bonds is 2. The van der Waals surface area contributed by atoms with E-state index in [4.69, 9.17) is 31.0 Å². The van der Waals surface area contributed by atoms with E-state index in [0.717, 1.165) is 22.8 Å². The highest BCUT2D eigenvalue weighted by molar-refractivity contribution is 6.30. The molecule has 0 bridgehead atoms. The second-order valence-corrected chi connectivity index (χ2v) is 8.03. The fourth-order valence-corrected chi connectivity index (χ4v) is 1.88. The normalized spacial score (nSPS) is 14.8. The van der Waals surface area contributed by atoms with Crippen molar-refractivity contribution < 1.29 is 30.1 Å². The molecule has 2 aromatic carbocycles. The summed E-state index contributed by atoms with van der Waals surface area (Å²) in [5.74, 6) is 0. The van der Waals surface area contributed by atoms with Gasteiger partial charge in [0.05, 0.1) is 11.2 Å². The van der Waals surface area contributed by atoms with Crippen molar-refractivity contribution in [3.8, 4) is 0 Å². The molecule has 0 radical (unpaired) electrons. The fourth-order valence-electron chi connectivity index (χ4n) is 1.88. The van der Waals surface area contributed by atoms with E-state index >= 15 is 0 Å². The summed E-state index contributed by atoms with van der Waals surface area (Å²) >= 11 is 0. The zero-order valence-electron chi connectivity index (χ0n) is 19.0. The average Bonchev–Trinajstić information content (AvgIpc) is 2.69. The maximum atomic E-state index is 10.5. The highest BCUT2D eigenvalue weighted by Gasteiger charge is 2.31. The Hall–Kier alpha value is -2.59. The SMILES string of the molecule is C=C1C=CC=CC1N.CC(C)(O)C(C)(C)O.O=Cc1ccc2ccccc2c1.OB(O)O. The van der Waals surface area contributed by atoms with E-state index in [9.17, 15) is 4.79 Å². The third-order valence-electron chi connectivity index (χ3n) is 4.57. The Balaban J connectivity index is 0.000000428. The first-order valence-corrected chi connectivity index (χ1v) is 9.91. The van der Waals surface area contributed by atoms with Gasteiger partial charge in [-0.25, -0.2) is 0 Å². The molecule has 7 N–H and O–H groups in total. The van der Waals surface area contributed by atoms with Gasteiger partial charge in [-0.15, -0.1) is 0 Å². The van der Waals surface area contributed by atoms with Crippen LogP contribution in [-0.4, -0.2) is 56.1 Å². The largest absolute Gasteiger partial charge is 0.631 e. The number of carbonyl (C=O) groups excluding carboxylic acids is 1. The van der Waals surface area contributed by atoms with Gasteiger partial charge >= 0.3 is 7.32 Å². The summed E-state index contributed by atoms with van der Waals surface area (Å²) < 4.78 is 0. The van der Waals surface area contributed by atoms with Crippen LogP contribution in [0.2, 0.25) is 0 Å². The van der Waals surface area contributed by atoms with Crippen molar-refractivity contribution in [1.82, 2.24) is 0 Å². The van der Waals surface area contributed by atoms with E-state index in [2.05, 4.69) is 6.58 Å². The molecule has 2 aromatic rings. The molecule has 174 valence electrons. The van der Waals surface area contributed by atoms with Gasteiger partial charge in [-0.1, -0.05) is 67.3 Å². The standard InChI is InChI=1S/C11H8O.C7H9N.C6H14O2.BH3O3/c12-8-9-5-6-10-3-1-2-4-11(10)7-9;1-6-4-2-3-5-7(6)8;1-5(2,7)6(3,4)8;2-1(3)4/h1-8H;2-5,7H,1,8H2;7-8H,1-4H3;2-4H. The maximum absolute atomic E-state index is 10.5. The van der Waals surface area contributed by atoms with E-state index in [0.29, 0.717) is 0 Å². The van der Waals surface area contributed by atoms with Crippen LogP contribution in [0.3, 0.4) is 0 Å². The lowest BCUT2D eigenvalue weighted by molar-refractivity contribution is -0.107. The summed E-state index contributed by atoms with van der Waals surface area (Å²) in [7, 11) is -2.17. The van der Waals surface area contributed by atoms with Gasteiger partial charge in [0, 0.05) is 11.6 Å². The summed E-state index contributed by atoms with van der Waals surface area (Å²) in [6.45, 7) is 10.0. The van der Waals surface area contributed by atoms with Gasteiger partial charge in [-0.3, -0.25) is 4.79 Å². The minimum atomic E-state index is -2.17. The van der Waals surface area contributed by atoms with Gasteiger partial charge in [0.1, 0.15) is 6.29 Å². The van der Waals surface area contributed by atoms with Gasteiger partial charge in [-0.2, -0.15) is 0 Å². The molecule has 7 nitrogen and oxygen atoms in total. The molecular weight excluding hydrogens is 409 g/mol. The molecule has 0 saturated heterocycles. The van der Waals surface area contributed by atoms with Crippen LogP contribution < -0.4 is 5.73 Å². The number of nitrogens with two attached hydrogens (primary N) is 1. The number of hydrogen-bond donors (Lipinski definition) is 6. The molecule has 32 heavy (non-hydrogen) atoms. The van der Waals surface area contributed by atoms with Crippen molar-refractivity contribution in [3.05, 3.63) is 84.5 Å². The average molecular weight is 443 g/mol.